The molecule has 0 unspecified atom stereocenters. The largest absolute Gasteiger partial charge is 0.573 e. The van der Waals surface area contributed by atoms with Crippen molar-refractivity contribution in [2.45, 2.75) is 45.4 Å². The van der Waals surface area contributed by atoms with Gasteiger partial charge in [-0.1, -0.05) is 6.42 Å². The van der Waals surface area contributed by atoms with E-state index in [1.54, 1.807) is 13.0 Å². The van der Waals surface area contributed by atoms with Crippen LogP contribution in [0.2, 0.25) is 0 Å². The fourth-order valence-corrected chi connectivity index (χ4v) is 2.52. The Morgan fingerprint density at radius 2 is 1.52 bits per heavy atom. The van der Waals surface area contributed by atoms with Crippen LogP contribution >= 0.6 is 0 Å². The summed E-state index contributed by atoms with van der Waals surface area (Å²) in [5.74, 6) is 1.22. The van der Waals surface area contributed by atoms with E-state index in [1.807, 2.05) is 0 Å². The number of alkyl halides is 3. The van der Waals surface area contributed by atoms with Crippen molar-refractivity contribution in [1.82, 2.24) is 0 Å². The van der Waals surface area contributed by atoms with Crippen molar-refractivity contribution in [3.05, 3.63) is 17.7 Å². The van der Waals surface area contributed by atoms with Crippen molar-refractivity contribution in [1.29, 1.82) is 0 Å². The van der Waals surface area contributed by atoms with E-state index in [2.05, 4.69) is 4.74 Å². The molecule has 128 valence electrons. The Morgan fingerprint density at radius 1 is 0.957 bits per heavy atom. The van der Waals surface area contributed by atoms with Crippen LogP contribution in [0.5, 0.6) is 17.2 Å². The average molecular weight is 330 g/mol. The first-order chi connectivity index (χ1) is 10.9. The van der Waals surface area contributed by atoms with E-state index in [4.69, 9.17) is 9.47 Å². The van der Waals surface area contributed by atoms with Crippen molar-refractivity contribution >= 4 is 0 Å². The smallest absolute Gasteiger partial charge is 0.493 e. The van der Waals surface area contributed by atoms with Crippen LogP contribution in [0.15, 0.2) is 12.1 Å². The van der Waals surface area contributed by atoms with Crippen LogP contribution in [0.25, 0.3) is 0 Å². The maximum atomic E-state index is 12.7. The van der Waals surface area contributed by atoms with Crippen LogP contribution in [-0.4, -0.2) is 19.6 Å². The second-order valence-corrected chi connectivity index (χ2v) is 6.43. The minimum absolute atomic E-state index is 0.130. The molecule has 0 radical (unpaired) electrons. The second kappa shape index (κ2) is 6.49. The lowest BCUT2D eigenvalue weighted by Crippen LogP contribution is -2.21. The summed E-state index contributed by atoms with van der Waals surface area (Å²) in [5, 5.41) is 0. The van der Waals surface area contributed by atoms with Gasteiger partial charge in [-0.25, -0.2) is 0 Å². The highest BCUT2D eigenvalue weighted by Gasteiger charge is 2.34. The van der Waals surface area contributed by atoms with Crippen molar-refractivity contribution < 1.29 is 27.4 Å². The Bertz CT molecular complexity index is 549. The molecule has 0 saturated heterocycles. The molecule has 1 aromatic rings. The van der Waals surface area contributed by atoms with E-state index < -0.39 is 6.36 Å². The van der Waals surface area contributed by atoms with Crippen molar-refractivity contribution in [2.75, 3.05) is 13.2 Å². The summed E-state index contributed by atoms with van der Waals surface area (Å²) < 4.78 is 53.6. The molecule has 0 spiro atoms. The van der Waals surface area contributed by atoms with E-state index in [-0.39, 0.29) is 11.5 Å². The van der Waals surface area contributed by atoms with Crippen LogP contribution in [0.3, 0.4) is 0 Å². The predicted molar refractivity (Wildman–Crippen MR) is 78.9 cm³/mol. The van der Waals surface area contributed by atoms with Gasteiger partial charge in [-0.15, -0.1) is 13.2 Å². The Hall–Kier alpha value is -1.59. The topological polar surface area (TPSA) is 27.7 Å². The third-order valence-electron chi connectivity index (χ3n) is 4.41. The van der Waals surface area contributed by atoms with Gasteiger partial charge in [-0.2, -0.15) is 0 Å². The lowest BCUT2D eigenvalue weighted by atomic mass is 9.86. The molecule has 1 aromatic carbocycles. The minimum Gasteiger partial charge on any atom is -0.493 e. The molecule has 0 amide bonds. The lowest BCUT2D eigenvalue weighted by Gasteiger charge is -2.26. The lowest BCUT2D eigenvalue weighted by molar-refractivity contribution is -0.275. The minimum atomic E-state index is -4.76. The highest BCUT2D eigenvalue weighted by molar-refractivity contribution is 5.53. The fourth-order valence-electron chi connectivity index (χ4n) is 2.52. The van der Waals surface area contributed by atoms with Gasteiger partial charge < -0.3 is 14.2 Å². The first-order valence-corrected chi connectivity index (χ1v) is 8.07. The molecule has 2 aliphatic rings. The van der Waals surface area contributed by atoms with Crippen molar-refractivity contribution in [2.24, 2.45) is 11.8 Å². The Labute approximate surface area is 133 Å². The van der Waals surface area contributed by atoms with Gasteiger partial charge in [0.2, 0.25) is 0 Å². The number of benzene rings is 1. The summed E-state index contributed by atoms with van der Waals surface area (Å²) in [6.07, 6.45) is 0.774. The molecule has 2 saturated carbocycles. The first kappa shape index (κ1) is 16.3. The van der Waals surface area contributed by atoms with Gasteiger partial charge in [0.25, 0.3) is 0 Å². The van der Waals surface area contributed by atoms with Crippen LogP contribution in [-0.2, 0) is 0 Å². The summed E-state index contributed by atoms with van der Waals surface area (Å²) in [4.78, 5) is 0. The van der Waals surface area contributed by atoms with E-state index in [1.165, 1.54) is 6.07 Å². The third kappa shape index (κ3) is 4.45. The molecule has 0 aliphatic heterocycles. The summed E-state index contributed by atoms with van der Waals surface area (Å²) >= 11 is 0. The van der Waals surface area contributed by atoms with Gasteiger partial charge in [-0.05, 0) is 56.6 Å². The maximum Gasteiger partial charge on any atom is 0.573 e. The fraction of sp³-hybridized carbons (Fsp3) is 0.647. The number of hydrogen-bond donors (Lipinski definition) is 0. The van der Waals surface area contributed by atoms with Gasteiger partial charge in [0.15, 0.2) is 11.5 Å². The maximum absolute atomic E-state index is 12.7. The van der Waals surface area contributed by atoms with E-state index in [9.17, 15) is 13.2 Å². The normalized spacial score (nSPS) is 18.4. The summed E-state index contributed by atoms with van der Waals surface area (Å²) in [7, 11) is 0. The highest BCUT2D eigenvalue weighted by atomic mass is 19.4. The number of halogens is 3. The molecule has 0 aromatic heterocycles. The Morgan fingerprint density at radius 3 is 2.04 bits per heavy atom. The number of hydrogen-bond acceptors (Lipinski definition) is 3. The van der Waals surface area contributed by atoms with Crippen molar-refractivity contribution in [3.8, 4) is 17.2 Å². The first-order valence-electron chi connectivity index (χ1n) is 8.07. The van der Waals surface area contributed by atoms with E-state index >= 15 is 0 Å². The molecule has 6 heteroatoms. The standard InChI is InChI=1S/C17H21F3O3/c1-11-14(21-10-13-5-6-13)7-8-15(16(11)23-17(18,19)20)22-9-12-3-2-4-12/h7-8,12-13H,2-6,9-10H2,1H3. The zero-order valence-electron chi connectivity index (χ0n) is 13.1. The van der Waals surface area contributed by atoms with E-state index in [0.717, 1.165) is 32.1 Å². The Kier molecular flexibility index (Phi) is 4.60. The van der Waals surface area contributed by atoms with Gasteiger partial charge in [-0.3, -0.25) is 0 Å². The Balaban J connectivity index is 1.76. The number of rotatable bonds is 7. The van der Waals surface area contributed by atoms with Gasteiger partial charge in [0.1, 0.15) is 5.75 Å². The van der Waals surface area contributed by atoms with Crippen LogP contribution in [0, 0.1) is 18.8 Å². The monoisotopic (exact) mass is 330 g/mol. The van der Waals surface area contributed by atoms with E-state index in [0.29, 0.717) is 36.4 Å². The second-order valence-electron chi connectivity index (χ2n) is 6.43. The molecule has 2 fully saturated rings. The molecular weight excluding hydrogens is 309 g/mol. The molecule has 0 heterocycles. The SMILES string of the molecule is Cc1c(OCC2CC2)ccc(OCC2CCC2)c1OC(F)(F)F. The van der Waals surface area contributed by atoms with Gasteiger partial charge in [0.05, 0.1) is 13.2 Å². The number of ether oxygens (including phenoxy) is 3. The summed E-state index contributed by atoms with van der Waals surface area (Å²) in [5.41, 5.74) is 0.328. The summed E-state index contributed by atoms with van der Waals surface area (Å²) in [6, 6.07) is 3.17. The van der Waals surface area contributed by atoms with Gasteiger partial charge >= 0.3 is 6.36 Å². The molecule has 2 aliphatic carbocycles. The third-order valence-corrected chi connectivity index (χ3v) is 4.41. The molecule has 0 bridgehead atoms. The van der Waals surface area contributed by atoms with Crippen LogP contribution in [0.4, 0.5) is 13.2 Å². The zero-order valence-corrected chi connectivity index (χ0v) is 13.1. The van der Waals surface area contributed by atoms with Crippen molar-refractivity contribution in [3.63, 3.8) is 0 Å². The molecule has 3 rings (SSSR count). The summed E-state index contributed by atoms with van der Waals surface area (Å²) in [6.45, 7) is 2.53. The van der Waals surface area contributed by atoms with Gasteiger partial charge in [0, 0.05) is 5.56 Å². The highest BCUT2D eigenvalue weighted by Crippen LogP contribution is 2.41. The molecule has 0 atom stereocenters. The van der Waals surface area contributed by atoms with Crippen LogP contribution in [0.1, 0.15) is 37.7 Å². The zero-order chi connectivity index (χ0) is 16.4. The predicted octanol–water partition coefficient (Wildman–Crippen LogP) is 4.86. The molecular formula is C17H21F3O3. The average Bonchev–Trinajstić information content (AvgIpc) is 3.22. The molecule has 0 N–H and O–H groups in total. The molecule has 3 nitrogen and oxygen atoms in total. The van der Waals surface area contributed by atoms with Crippen LogP contribution < -0.4 is 14.2 Å². The molecule has 23 heavy (non-hydrogen) atoms. The quantitative estimate of drug-likeness (QED) is 0.714.